The summed E-state index contributed by atoms with van der Waals surface area (Å²) in [6.07, 6.45) is 0. The number of amides is 1. The van der Waals surface area contributed by atoms with Gasteiger partial charge in [-0.05, 0) is 12.1 Å². The van der Waals surface area contributed by atoms with Crippen LogP contribution in [-0.4, -0.2) is 56.2 Å². The van der Waals surface area contributed by atoms with Crippen LogP contribution in [0.3, 0.4) is 0 Å². The van der Waals surface area contributed by atoms with Crippen molar-refractivity contribution >= 4 is 38.4 Å². The van der Waals surface area contributed by atoms with E-state index in [1.165, 1.54) is 20.2 Å². The van der Waals surface area contributed by atoms with Crippen LogP contribution in [0.5, 0.6) is 5.75 Å². The number of ether oxygens (including phenoxy) is 1. The quantitative estimate of drug-likeness (QED) is 0.760. The molecule has 0 aliphatic rings. The number of carbonyl (C=O) groups excluding carboxylic acids is 1. The number of anilines is 1. The smallest absolute Gasteiger partial charge is 0.341 e. The molecule has 0 radical (unpaired) electrons. The highest BCUT2D eigenvalue weighted by Crippen LogP contribution is 2.31. The van der Waals surface area contributed by atoms with Gasteiger partial charge < -0.3 is 15.2 Å². The summed E-state index contributed by atoms with van der Waals surface area (Å²) in [5.41, 5.74) is 0.414. The van der Waals surface area contributed by atoms with Gasteiger partial charge in [-0.25, -0.2) is 17.5 Å². The number of aliphatic carboxylic acids is 1. The van der Waals surface area contributed by atoms with Gasteiger partial charge in [0.25, 0.3) is 0 Å². The second-order valence-electron chi connectivity index (χ2n) is 5.43. The van der Waals surface area contributed by atoms with Crippen LogP contribution in [-0.2, 0) is 19.6 Å². The van der Waals surface area contributed by atoms with Crippen molar-refractivity contribution in [2.24, 2.45) is 0 Å². The maximum atomic E-state index is 12.1. The summed E-state index contributed by atoms with van der Waals surface area (Å²) in [6, 6.07) is 10.0. The molecule has 0 saturated carbocycles. The van der Waals surface area contributed by atoms with E-state index in [1.807, 2.05) is 0 Å². The van der Waals surface area contributed by atoms with Gasteiger partial charge >= 0.3 is 5.97 Å². The fourth-order valence-electron chi connectivity index (χ4n) is 2.13. The fourth-order valence-corrected chi connectivity index (χ4v) is 2.79. The van der Waals surface area contributed by atoms with Gasteiger partial charge in [0.2, 0.25) is 15.9 Å². The zero-order valence-electron chi connectivity index (χ0n) is 13.7. The molecule has 2 aromatic carbocycles. The molecule has 25 heavy (non-hydrogen) atoms. The predicted molar refractivity (Wildman–Crippen MR) is 93.2 cm³/mol. The molecule has 0 fully saturated rings. The first kappa shape index (κ1) is 18.7. The molecular formula is C16H18N2O6S. The number of nitrogens with one attached hydrogen (secondary N) is 1. The van der Waals surface area contributed by atoms with Crippen molar-refractivity contribution in [1.82, 2.24) is 4.31 Å². The molecule has 8 nitrogen and oxygen atoms in total. The number of hydrogen-bond donors (Lipinski definition) is 2. The number of nitrogens with zero attached hydrogens (tertiary/aromatic N) is 1. The van der Waals surface area contributed by atoms with Crippen molar-refractivity contribution in [3.63, 3.8) is 0 Å². The zero-order chi connectivity index (χ0) is 18.6. The zero-order valence-corrected chi connectivity index (χ0v) is 14.5. The number of rotatable bonds is 7. The summed E-state index contributed by atoms with van der Waals surface area (Å²) in [6.45, 7) is -0.489. The van der Waals surface area contributed by atoms with Gasteiger partial charge in [0.1, 0.15) is 11.5 Å². The lowest BCUT2D eigenvalue weighted by molar-refractivity contribution is -0.139. The van der Waals surface area contributed by atoms with Gasteiger partial charge in [-0.2, -0.15) is 0 Å². The number of carboxylic acids is 1. The van der Waals surface area contributed by atoms with Gasteiger partial charge in [0.05, 0.1) is 0 Å². The third-order valence-corrected chi connectivity index (χ3v) is 5.12. The summed E-state index contributed by atoms with van der Waals surface area (Å²) < 4.78 is 29.8. The Labute approximate surface area is 145 Å². The number of sulfonamides is 1. The first-order valence-electron chi connectivity index (χ1n) is 7.27. The lowest BCUT2D eigenvalue weighted by Gasteiger charge is -2.14. The minimum absolute atomic E-state index is 0.358. The lowest BCUT2D eigenvalue weighted by atomic mass is 10.1. The first-order chi connectivity index (χ1) is 11.7. The SMILES string of the molecule is CN(C)S(=O)(=O)CC(=O)Nc1ccc(OCC(=O)O)c2ccccc12. The molecule has 0 atom stereocenters. The molecule has 0 bridgehead atoms. The van der Waals surface area contributed by atoms with Crippen molar-refractivity contribution in [3.05, 3.63) is 36.4 Å². The number of fused-ring (bicyclic) bond motifs is 1. The Morgan fingerprint density at radius 2 is 1.76 bits per heavy atom. The normalized spacial score (nSPS) is 11.5. The van der Waals surface area contributed by atoms with Crippen molar-refractivity contribution in [1.29, 1.82) is 0 Å². The molecule has 0 saturated heterocycles. The molecule has 0 aliphatic carbocycles. The Morgan fingerprint density at radius 3 is 2.36 bits per heavy atom. The van der Waals surface area contributed by atoms with Crippen LogP contribution in [0.4, 0.5) is 5.69 Å². The molecule has 134 valence electrons. The van der Waals surface area contributed by atoms with Crippen LogP contribution < -0.4 is 10.1 Å². The molecule has 0 heterocycles. The third-order valence-electron chi connectivity index (χ3n) is 3.38. The second kappa shape index (κ2) is 7.49. The Morgan fingerprint density at radius 1 is 1.12 bits per heavy atom. The molecule has 0 aromatic heterocycles. The largest absolute Gasteiger partial charge is 0.481 e. The van der Waals surface area contributed by atoms with Crippen molar-refractivity contribution in [2.45, 2.75) is 0 Å². The standard InChI is InChI=1S/C16H18N2O6S/c1-18(2)25(22,23)10-15(19)17-13-7-8-14(24-9-16(20)21)12-6-4-3-5-11(12)13/h3-8H,9-10H2,1-2H3,(H,17,19)(H,20,21). The highest BCUT2D eigenvalue weighted by atomic mass is 32.2. The summed E-state index contributed by atoms with van der Waals surface area (Å²) >= 11 is 0. The maximum absolute atomic E-state index is 12.1. The van der Waals surface area contributed by atoms with E-state index in [1.54, 1.807) is 30.3 Å². The van der Waals surface area contributed by atoms with Crippen molar-refractivity contribution < 1.29 is 27.9 Å². The van der Waals surface area contributed by atoms with E-state index in [0.29, 0.717) is 22.2 Å². The van der Waals surface area contributed by atoms with Crippen molar-refractivity contribution in [3.8, 4) is 5.75 Å². The van der Waals surface area contributed by atoms with Crippen LogP contribution in [0.25, 0.3) is 10.8 Å². The van der Waals surface area contributed by atoms with Gasteiger partial charge in [-0.15, -0.1) is 0 Å². The predicted octanol–water partition coefficient (Wildman–Crippen LogP) is 1.13. The van der Waals surface area contributed by atoms with Crippen LogP contribution in [0.2, 0.25) is 0 Å². The van der Waals surface area contributed by atoms with E-state index < -0.39 is 34.3 Å². The molecule has 0 spiro atoms. The molecular weight excluding hydrogens is 348 g/mol. The maximum Gasteiger partial charge on any atom is 0.341 e. The Balaban J connectivity index is 2.29. The van der Waals surface area contributed by atoms with E-state index in [0.717, 1.165) is 4.31 Å². The van der Waals surface area contributed by atoms with Gasteiger partial charge in [0, 0.05) is 30.6 Å². The minimum atomic E-state index is -3.67. The van der Waals surface area contributed by atoms with Gasteiger partial charge in [-0.3, -0.25) is 4.79 Å². The Bertz CT molecular complexity index is 908. The van der Waals surface area contributed by atoms with E-state index in [2.05, 4.69) is 5.32 Å². The van der Waals surface area contributed by atoms with Crippen LogP contribution in [0, 0.1) is 0 Å². The van der Waals surface area contributed by atoms with Crippen LogP contribution in [0.1, 0.15) is 0 Å². The highest BCUT2D eigenvalue weighted by molar-refractivity contribution is 7.89. The van der Waals surface area contributed by atoms with Gasteiger partial charge in [0.15, 0.2) is 6.61 Å². The molecule has 2 N–H and O–H groups in total. The molecule has 9 heteroatoms. The average molecular weight is 366 g/mol. The lowest BCUT2D eigenvalue weighted by Crippen LogP contribution is -2.32. The third kappa shape index (κ3) is 4.68. The van der Waals surface area contributed by atoms with Crippen LogP contribution >= 0.6 is 0 Å². The number of benzene rings is 2. The molecule has 1 amide bonds. The fraction of sp³-hybridized carbons (Fsp3) is 0.250. The van der Waals surface area contributed by atoms with Crippen LogP contribution in [0.15, 0.2) is 36.4 Å². The Kier molecular flexibility index (Phi) is 5.60. The summed E-state index contributed by atoms with van der Waals surface area (Å²) in [5, 5.41) is 12.5. The Hall–Kier alpha value is -2.65. The van der Waals surface area contributed by atoms with Gasteiger partial charge in [-0.1, -0.05) is 24.3 Å². The topological polar surface area (TPSA) is 113 Å². The number of hydrogen-bond acceptors (Lipinski definition) is 5. The molecule has 2 rings (SSSR count). The minimum Gasteiger partial charge on any atom is -0.481 e. The molecule has 0 aliphatic heterocycles. The molecule has 2 aromatic rings. The van der Waals surface area contributed by atoms with E-state index in [4.69, 9.17) is 9.84 Å². The highest BCUT2D eigenvalue weighted by Gasteiger charge is 2.20. The average Bonchev–Trinajstić information content (AvgIpc) is 2.53. The number of carbonyl (C=O) groups is 2. The summed E-state index contributed by atoms with van der Waals surface area (Å²) in [7, 11) is -0.958. The number of carboxylic acid groups (broad SMARTS) is 1. The van der Waals surface area contributed by atoms with E-state index in [-0.39, 0.29) is 0 Å². The first-order valence-corrected chi connectivity index (χ1v) is 8.88. The van der Waals surface area contributed by atoms with E-state index in [9.17, 15) is 18.0 Å². The second-order valence-corrected chi connectivity index (χ2v) is 7.61. The van der Waals surface area contributed by atoms with E-state index >= 15 is 0 Å². The summed E-state index contributed by atoms with van der Waals surface area (Å²) in [4.78, 5) is 22.7. The summed E-state index contributed by atoms with van der Waals surface area (Å²) in [5.74, 6) is -2.09. The van der Waals surface area contributed by atoms with Crippen molar-refractivity contribution in [2.75, 3.05) is 31.8 Å². The monoisotopic (exact) mass is 366 g/mol. The molecule has 0 unspecified atom stereocenters.